The molecule has 0 saturated carbocycles. The first-order valence-corrected chi connectivity index (χ1v) is 1.22. The number of rotatable bonds is 0. The van der Waals surface area contributed by atoms with E-state index in [-0.39, 0.29) is 0 Å². The normalized spacial score (nSPS) is 2.40. The zero-order valence-corrected chi connectivity index (χ0v) is 3.36. The van der Waals surface area contributed by atoms with Crippen LogP contribution in [0.3, 0.4) is 0 Å². The smallest absolute Gasteiger partial charge is 0.0587 e. The summed E-state index contributed by atoms with van der Waals surface area (Å²) < 4.78 is 0. The molecule has 0 heterocycles. The highest BCUT2D eigenvalue weighted by atomic mass is 14.2. The quantitative estimate of drug-likeness (QED) is 0.394. The monoisotopic (exact) mass is 69.1 g/mol. The van der Waals surface area contributed by atoms with Gasteiger partial charge >= 0.3 is 0 Å². The van der Waals surface area contributed by atoms with Crippen LogP contribution < -0.4 is 0 Å². The first kappa shape index (κ1) is 8.87. The molecular weight excluding hydrogens is 62.1 g/mol. The van der Waals surface area contributed by atoms with Gasteiger partial charge < -0.3 is 0 Å². The summed E-state index contributed by atoms with van der Waals surface area (Å²) in [7, 11) is 0. The van der Waals surface area contributed by atoms with Gasteiger partial charge in [0.1, 0.15) is 0 Å². The Morgan fingerprint density at radius 3 is 1.60 bits per heavy atom. The molecule has 0 N–H and O–H groups in total. The van der Waals surface area contributed by atoms with Crippen LogP contribution in [0.5, 0.6) is 0 Å². The average molecular weight is 69.1 g/mol. The van der Waals surface area contributed by atoms with Crippen molar-refractivity contribution in [2.24, 2.45) is 0 Å². The standard InChI is InChI=1S/C2H3N.C2H4/c1-2-3;1-2/h1H3;1-2H2. The molecule has 0 atom stereocenters. The van der Waals surface area contributed by atoms with Gasteiger partial charge in [-0.2, -0.15) is 5.26 Å². The first-order valence-electron chi connectivity index (χ1n) is 1.22. The number of nitriles is 1. The van der Waals surface area contributed by atoms with Gasteiger partial charge in [-0.05, 0) is 0 Å². The van der Waals surface area contributed by atoms with E-state index >= 15 is 0 Å². The minimum Gasteiger partial charge on any atom is -0.199 e. The van der Waals surface area contributed by atoms with Crippen LogP contribution in [0.1, 0.15) is 6.92 Å². The van der Waals surface area contributed by atoms with Gasteiger partial charge in [-0.3, -0.25) is 0 Å². The Labute approximate surface area is 32.5 Å². The van der Waals surface area contributed by atoms with Crippen molar-refractivity contribution in [3.05, 3.63) is 13.2 Å². The zero-order chi connectivity index (χ0) is 4.71. The average Bonchev–Trinajstić information content (AvgIpc) is 1.46. The number of nitrogens with zero attached hydrogens (tertiary/aromatic N) is 1. The van der Waals surface area contributed by atoms with Gasteiger partial charge in [0.15, 0.2) is 0 Å². The van der Waals surface area contributed by atoms with Crippen molar-refractivity contribution >= 4 is 0 Å². The number of hydrogen-bond acceptors (Lipinski definition) is 1. The van der Waals surface area contributed by atoms with Crippen LogP contribution in [0.15, 0.2) is 13.2 Å². The second-order valence-corrected chi connectivity index (χ2v) is 0.224. The summed E-state index contributed by atoms with van der Waals surface area (Å²) in [6.45, 7) is 7.43. The lowest BCUT2D eigenvalue weighted by atomic mass is 11.0. The summed E-state index contributed by atoms with van der Waals surface area (Å²) in [6.07, 6.45) is 0. The lowest BCUT2D eigenvalue weighted by Gasteiger charge is -1.15. The summed E-state index contributed by atoms with van der Waals surface area (Å²) in [5.41, 5.74) is 0. The van der Waals surface area contributed by atoms with Crippen LogP contribution in [-0.4, -0.2) is 0 Å². The van der Waals surface area contributed by atoms with E-state index in [0.717, 1.165) is 0 Å². The van der Waals surface area contributed by atoms with E-state index in [2.05, 4.69) is 13.2 Å². The highest BCUT2D eigenvalue weighted by Crippen LogP contribution is 1.21. The van der Waals surface area contributed by atoms with Crippen LogP contribution in [0, 0.1) is 11.3 Å². The van der Waals surface area contributed by atoms with Crippen molar-refractivity contribution in [1.29, 1.82) is 5.26 Å². The van der Waals surface area contributed by atoms with E-state index in [1.165, 1.54) is 6.92 Å². The zero-order valence-electron chi connectivity index (χ0n) is 3.36. The van der Waals surface area contributed by atoms with Gasteiger partial charge in [0.25, 0.3) is 0 Å². The van der Waals surface area contributed by atoms with Crippen molar-refractivity contribution in [2.45, 2.75) is 6.92 Å². The summed E-state index contributed by atoms with van der Waals surface area (Å²) in [6, 6.07) is 1.75. The Hall–Kier alpha value is -0.770. The van der Waals surface area contributed by atoms with Crippen molar-refractivity contribution in [1.82, 2.24) is 0 Å². The predicted molar refractivity (Wildman–Crippen MR) is 22.5 cm³/mol. The molecule has 1 heteroatoms. The second-order valence-electron chi connectivity index (χ2n) is 0.224. The van der Waals surface area contributed by atoms with E-state index in [1.807, 2.05) is 0 Å². The molecule has 0 radical (unpaired) electrons. The van der Waals surface area contributed by atoms with Crippen molar-refractivity contribution < 1.29 is 0 Å². The van der Waals surface area contributed by atoms with Crippen LogP contribution in [-0.2, 0) is 0 Å². The molecule has 0 saturated heterocycles. The van der Waals surface area contributed by atoms with Crippen LogP contribution in [0.25, 0.3) is 0 Å². The summed E-state index contributed by atoms with van der Waals surface area (Å²) in [4.78, 5) is 0. The Kier molecular flexibility index (Phi) is 539. The predicted octanol–water partition coefficient (Wildman–Crippen LogP) is 1.33. The first-order chi connectivity index (χ1) is 2.41. The molecule has 0 spiro atoms. The Bertz CT molecular complexity index is 33.4. The molecule has 5 heavy (non-hydrogen) atoms. The fraction of sp³-hybridized carbons (Fsp3) is 0.250. The molecule has 1 nitrogen and oxygen atoms in total. The molecular formula is C4H7N. The fourth-order valence-electron chi connectivity index (χ4n) is 0. The van der Waals surface area contributed by atoms with Crippen molar-refractivity contribution in [3.8, 4) is 6.07 Å². The molecule has 0 aromatic heterocycles. The van der Waals surface area contributed by atoms with E-state index in [1.54, 1.807) is 6.07 Å². The molecule has 0 aromatic carbocycles. The SMILES string of the molecule is C=C.CC#N. The van der Waals surface area contributed by atoms with Crippen molar-refractivity contribution in [2.75, 3.05) is 0 Å². The van der Waals surface area contributed by atoms with E-state index < -0.39 is 0 Å². The molecule has 0 amide bonds. The highest BCUT2D eigenvalue weighted by molar-refractivity contribution is 4.51. The van der Waals surface area contributed by atoms with Gasteiger partial charge in [0.05, 0.1) is 6.07 Å². The second kappa shape index (κ2) is 304. The highest BCUT2D eigenvalue weighted by Gasteiger charge is 1.17. The molecule has 0 aliphatic heterocycles. The molecule has 0 fully saturated rings. The molecule has 0 bridgehead atoms. The third kappa shape index (κ3) is 8.24. The fourth-order valence-corrected chi connectivity index (χ4v) is 0. The van der Waals surface area contributed by atoms with Gasteiger partial charge in [-0.25, -0.2) is 0 Å². The maximum atomic E-state index is 7.32. The summed E-state index contributed by atoms with van der Waals surface area (Å²) in [5.74, 6) is 0. The maximum Gasteiger partial charge on any atom is 0.0587 e. The molecule has 0 unspecified atom stereocenters. The van der Waals surface area contributed by atoms with Crippen LogP contribution in [0.4, 0.5) is 0 Å². The van der Waals surface area contributed by atoms with Crippen LogP contribution in [0.2, 0.25) is 0 Å². The molecule has 28 valence electrons. The Balaban J connectivity index is 0. The Morgan fingerprint density at radius 1 is 1.60 bits per heavy atom. The molecule has 0 aliphatic rings. The van der Waals surface area contributed by atoms with Gasteiger partial charge in [-0.1, -0.05) is 0 Å². The van der Waals surface area contributed by atoms with Crippen molar-refractivity contribution in [3.63, 3.8) is 0 Å². The van der Waals surface area contributed by atoms with E-state index in [9.17, 15) is 0 Å². The minimum absolute atomic E-state index is 1.43. The third-order valence-electron chi connectivity index (χ3n) is 0. The largest absolute Gasteiger partial charge is 0.199 e. The van der Waals surface area contributed by atoms with E-state index in [0.29, 0.717) is 0 Å². The lowest BCUT2D eigenvalue weighted by molar-refractivity contribution is 1.49. The lowest BCUT2D eigenvalue weighted by Crippen LogP contribution is -1.10. The van der Waals surface area contributed by atoms with Gasteiger partial charge in [0, 0.05) is 6.92 Å². The van der Waals surface area contributed by atoms with E-state index in [4.69, 9.17) is 5.26 Å². The Morgan fingerprint density at radius 2 is 1.60 bits per heavy atom. The summed E-state index contributed by atoms with van der Waals surface area (Å²) >= 11 is 0. The third-order valence-corrected chi connectivity index (χ3v) is 0. The van der Waals surface area contributed by atoms with Crippen LogP contribution >= 0.6 is 0 Å². The molecule has 0 rings (SSSR count). The van der Waals surface area contributed by atoms with Gasteiger partial charge in [-0.15, -0.1) is 13.2 Å². The topological polar surface area (TPSA) is 23.8 Å². The van der Waals surface area contributed by atoms with Gasteiger partial charge in [0.2, 0.25) is 0 Å². The maximum absolute atomic E-state index is 7.32. The molecule has 0 aromatic rings. The summed E-state index contributed by atoms with van der Waals surface area (Å²) in [5, 5.41) is 7.32. The minimum atomic E-state index is 1.43. The molecule has 0 aliphatic carbocycles. The number of hydrogen-bond donors (Lipinski definition) is 0.